The number of carbonyl (C=O) groups is 1. The van der Waals surface area contributed by atoms with Crippen LogP contribution in [-0.2, 0) is 23.9 Å². The van der Waals surface area contributed by atoms with Crippen molar-refractivity contribution in [2.24, 2.45) is 0 Å². The Morgan fingerprint density at radius 1 is 1.21 bits per heavy atom. The first-order valence-electron chi connectivity index (χ1n) is 13.8. The second kappa shape index (κ2) is 12.1. The fourth-order valence-corrected chi connectivity index (χ4v) is 5.82. The number of piperazine rings is 1. The minimum absolute atomic E-state index is 0.0725. The maximum Gasteiger partial charge on any atom is 0.421 e. The number of amides is 1. The van der Waals surface area contributed by atoms with Crippen LogP contribution in [0.1, 0.15) is 29.7 Å². The maximum atomic E-state index is 14.4. The molecule has 2 aromatic rings. The number of aromatic nitrogens is 2. The average Bonchev–Trinajstić information content (AvgIpc) is 3.30. The number of nitrogens with zero attached hydrogens (tertiary/aromatic N) is 7. The number of likely N-dealkylation sites (tertiary alicyclic amines) is 1. The van der Waals surface area contributed by atoms with E-state index in [1.165, 1.54) is 29.4 Å². The molecule has 9 nitrogen and oxygen atoms in total. The van der Waals surface area contributed by atoms with Crippen LogP contribution in [0.15, 0.2) is 42.8 Å². The van der Waals surface area contributed by atoms with Crippen molar-refractivity contribution in [1.82, 2.24) is 19.8 Å². The van der Waals surface area contributed by atoms with E-state index in [1.807, 2.05) is 4.90 Å². The lowest BCUT2D eigenvalue weighted by atomic mass is 10.0. The third-order valence-electron chi connectivity index (χ3n) is 7.90. The van der Waals surface area contributed by atoms with E-state index in [0.29, 0.717) is 35.9 Å². The fourth-order valence-electron chi connectivity index (χ4n) is 5.82. The van der Waals surface area contributed by atoms with Gasteiger partial charge in [-0.05, 0) is 24.6 Å². The predicted molar refractivity (Wildman–Crippen MR) is 147 cm³/mol. The van der Waals surface area contributed by atoms with Gasteiger partial charge in [-0.2, -0.15) is 28.4 Å². The van der Waals surface area contributed by atoms with Crippen molar-refractivity contribution in [3.63, 3.8) is 0 Å². The Morgan fingerprint density at radius 3 is 2.67 bits per heavy atom. The molecule has 4 heterocycles. The van der Waals surface area contributed by atoms with Gasteiger partial charge in [-0.3, -0.25) is 4.79 Å². The average molecular weight is 604 g/mol. The number of ether oxygens (including phenoxy) is 1. The van der Waals surface area contributed by atoms with Crippen LogP contribution in [-0.4, -0.2) is 77.7 Å². The normalized spacial score (nSPS) is 21.6. The molecule has 0 N–H and O–H groups in total. The van der Waals surface area contributed by atoms with Crippen LogP contribution < -0.4 is 14.5 Å². The fraction of sp³-hybridized carbons (Fsp3) is 0.448. The summed E-state index contributed by atoms with van der Waals surface area (Å²) in [5.74, 6) is -1.18. The van der Waals surface area contributed by atoms with Crippen molar-refractivity contribution in [2.75, 3.05) is 49.6 Å². The highest BCUT2D eigenvalue weighted by molar-refractivity contribution is 5.87. The van der Waals surface area contributed by atoms with E-state index < -0.39 is 29.8 Å². The van der Waals surface area contributed by atoms with E-state index >= 15 is 0 Å². The van der Waals surface area contributed by atoms with Gasteiger partial charge in [0.15, 0.2) is 0 Å². The molecular weight excluding hydrogens is 573 g/mol. The first-order chi connectivity index (χ1) is 20.5. The molecule has 1 aromatic carbocycles. The molecule has 1 aromatic heterocycles. The molecule has 0 bridgehead atoms. The van der Waals surface area contributed by atoms with Crippen molar-refractivity contribution < 1.29 is 31.5 Å². The first kappa shape index (κ1) is 30.1. The smallest absolute Gasteiger partial charge is 0.421 e. The molecule has 43 heavy (non-hydrogen) atoms. The first-order valence-corrected chi connectivity index (χ1v) is 13.8. The third-order valence-corrected chi connectivity index (χ3v) is 7.90. The van der Waals surface area contributed by atoms with E-state index in [9.17, 15) is 32.0 Å². The summed E-state index contributed by atoms with van der Waals surface area (Å²) in [6.45, 7) is 4.75. The van der Waals surface area contributed by atoms with E-state index in [-0.39, 0.29) is 63.0 Å². The second-order valence-electron chi connectivity index (χ2n) is 10.7. The Morgan fingerprint density at radius 2 is 2.00 bits per heavy atom. The van der Waals surface area contributed by atoms with E-state index in [4.69, 9.17) is 4.74 Å². The topological polar surface area (TPSA) is 88.8 Å². The van der Waals surface area contributed by atoms with E-state index in [1.54, 1.807) is 16.8 Å². The molecule has 2 saturated heterocycles. The molecule has 14 heteroatoms. The highest BCUT2D eigenvalue weighted by Crippen LogP contribution is 2.40. The Bertz CT molecular complexity index is 1470. The molecule has 3 aliphatic rings. The summed E-state index contributed by atoms with van der Waals surface area (Å²) in [5, 5.41) is 9.41. The van der Waals surface area contributed by atoms with Crippen LogP contribution in [0.4, 0.5) is 33.5 Å². The number of benzene rings is 1. The van der Waals surface area contributed by atoms with Gasteiger partial charge in [-0.15, -0.1) is 0 Å². The molecule has 0 spiro atoms. The van der Waals surface area contributed by atoms with Gasteiger partial charge in [0.25, 0.3) is 0 Å². The van der Waals surface area contributed by atoms with Crippen LogP contribution in [0.5, 0.6) is 6.01 Å². The van der Waals surface area contributed by atoms with Gasteiger partial charge in [0.05, 0.1) is 42.2 Å². The number of anilines is 2. The largest absolute Gasteiger partial charge is 0.430 e. The van der Waals surface area contributed by atoms with Gasteiger partial charge >= 0.3 is 12.2 Å². The van der Waals surface area contributed by atoms with Gasteiger partial charge in [-0.1, -0.05) is 12.6 Å². The Kier molecular flexibility index (Phi) is 8.43. The summed E-state index contributed by atoms with van der Waals surface area (Å²) in [5.41, 5.74) is 0.0301. The quantitative estimate of drug-likeness (QED) is 0.276. The van der Waals surface area contributed by atoms with Crippen molar-refractivity contribution in [3.8, 4) is 12.1 Å². The monoisotopic (exact) mass is 603 g/mol. The molecule has 0 radical (unpaired) electrons. The molecule has 2 fully saturated rings. The Hall–Kier alpha value is -4.41. The van der Waals surface area contributed by atoms with Gasteiger partial charge in [0.2, 0.25) is 5.91 Å². The Balaban J connectivity index is 1.52. The van der Waals surface area contributed by atoms with E-state index in [2.05, 4.69) is 22.6 Å². The highest BCUT2D eigenvalue weighted by atomic mass is 19.4. The summed E-state index contributed by atoms with van der Waals surface area (Å²) in [4.78, 5) is 28.2. The van der Waals surface area contributed by atoms with Crippen molar-refractivity contribution >= 4 is 17.4 Å². The Labute approximate surface area is 245 Å². The molecule has 0 aliphatic carbocycles. The zero-order valence-corrected chi connectivity index (χ0v) is 23.4. The van der Waals surface area contributed by atoms with Gasteiger partial charge in [0.1, 0.15) is 29.6 Å². The minimum atomic E-state index is -4.90. The minimum Gasteiger partial charge on any atom is -0.430 e. The summed E-state index contributed by atoms with van der Waals surface area (Å²) in [6.07, 6.45) is -2.92. The van der Waals surface area contributed by atoms with Gasteiger partial charge in [0, 0.05) is 51.8 Å². The van der Waals surface area contributed by atoms with Crippen LogP contribution in [0.3, 0.4) is 0 Å². The number of fused-ring (bicyclic) bond motifs is 1. The zero-order chi connectivity index (χ0) is 30.9. The summed E-state index contributed by atoms with van der Waals surface area (Å²) >= 11 is 0. The molecule has 3 aliphatic heterocycles. The number of carbonyl (C=O) groups excluding carboxylic acids is 1. The highest BCUT2D eigenvalue weighted by Gasteiger charge is 2.40. The number of allylic oxidation sites excluding steroid dienone is 1. The van der Waals surface area contributed by atoms with Crippen LogP contribution >= 0.6 is 0 Å². The molecule has 228 valence electrons. The molecule has 0 saturated carbocycles. The van der Waals surface area contributed by atoms with Crippen LogP contribution in [0.2, 0.25) is 0 Å². The number of alkyl halides is 4. The van der Waals surface area contributed by atoms with Gasteiger partial charge in [-0.25, -0.2) is 8.78 Å². The molecule has 2 atom stereocenters. The number of hydrogen-bond acceptors (Lipinski definition) is 8. The summed E-state index contributed by atoms with van der Waals surface area (Å²) in [7, 11) is 1.72. The number of halogens is 5. The van der Waals surface area contributed by atoms with Crippen LogP contribution in [0, 0.1) is 17.1 Å². The lowest BCUT2D eigenvalue weighted by Gasteiger charge is -2.42. The number of nitriles is 1. The van der Waals surface area contributed by atoms with Crippen molar-refractivity contribution in [3.05, 3.63) is 65.5 Å². The number of hydrogen-bond donors (Lipinski definition) is 0. The maximum absolute atomic E-state index is 14.4. The SMILES string of the molecule is C=CC(=O)N1CCN(c2nc(O/C=C3/C[C@H](F)CN3C)nc3c2CCN(c2cccc(F)c2C(F)(F)F)C3)CC1CC#N. The third kappa shape index (κ3) is 6.21. The standard InChI is InChI=1S/C29H30F5N7O2/c1-3-25(42)41-12-11-40(15-19(41)7-9-35)27-21-8-10-39(24-6-4-5-22(31)26(24)29(32,33)34)16-23(21)36-28(37-27)43-17-20-13-18(30)14-38(20)2/h3-6,17-19H,1,7-8,10-16H2,2H3/b20-17-/t18-,19?/m0/s1. The predicted octanol–water partition coefficient (Wildman–Crippen LogP) is 4.21. The molecular formula is C29H30F5N7O2. The lowest BCUT2D eigenvalue weighted by molar-refractivity contribution is -0.139. The molecule has 1 amide bonds. The van der Waals surface area contributed by atoms with Crippen molar-refractivity contribution in [1.29, 1.82) is 5.26 Å². The molecule has 1 unspecified atom stereocenters. The lowest BCUT2D eigenvalue weighted by Crippen LogP contribution is -2.55. The van der Waals surface area contributed by atoms with Gasteiger partial charge < -0.3 is 24.3 Å². The number of rotatable bonds is 6. The van der Waals surface area contributed by atoms with Crippen LogP contribution in [0.25, 0.3) is 0 Å². The summed E-state index contributed by atoms with van der Waals surface area (Å²) in [6, 6.07) is 4.82. The summed E-state index contributed by atoms with van der Waals surface area (Å²) < 4.78 is 75.6. The van der Waals surface area contributed by atoms with Crippen molar-refractivity contribution in [2.45, 2.75) is 44.2 Å². The zero-order valence-electron chi connectivity index (χ0n) is 23.4. The van der Waals surface area contributed by atoms with E-state index in [0.717, 1.165) is 6.07 Å². The molecule has 5 rings (SSSR count). The second-order valence-corrected chi connectivity index (χ2v) is 10.7.